The minimum atomic E-state index is -1.62. The molecule has 2 N–H and O–H groups in total. The van der Waals surface area contributed by atoms with E-state index in [2.05, 4.69) is 10.2 Å². The van der Waals surface area contributed by atoms with Gasteiger partial charge < -0.3 is 0 Å². The normalized spacial score (nSPS) is 16.5. The number of rotatable bonds is 4. The van der Waals surface area contributed by atoms with Crippen LogP contribution in [-0.4, -0.2) is 25.6 Å². The van der Waals surface area contributed by atoms with Crippen LogP contribution >= 0.6 is 0 Å². The summed E-state index contributed by atoms with van der Waals surface area (Å²) in [6, 6.07) is 16.2. The van der Waals surface area contributed by atoms with Gasteiger partial charge in [-0.3, -0.25) is 4.79 Å². The lowest BCUT2D eigenvalue weighted by Crippen LogP contribution is -2.21. The lowest BCUT2D eigenvalue weighted by molar-refractivity contribution is -0.114. The molecule has 1 aromatic heterocycles. The van der Waals surface area contributed by atoms with E-state index in [0.717, 1.165) is 11.3 Å². The number of nitrogens with zero attached hydrogens (tertiary/aromatic N) is 4. The summed E-state index contributed by atoms with van der Waals surface area (Å²) in [6.45, 7) is 1.78. The Morgan fingerprint density at radius 2 is 1.86 bits per heavy atom. The van der Waals surface area contributed by atoms with Crippen molar-refractivity contribution >= 4 is 34.4 Å². The van der Waals surface area contributed by atoms with Gasteiger partial charge in [0.2, 0.25) is 0 Å². The molecule has 0 aliphatic carbocycles. The second-order valence-electron chi connectivity index (χ2n) is 6.20. The Hall–Kier alpha value is -3.36. The van der Waals surface area contributed by atoms with Gasteiger partial charge in [-0.2, -0.15) is 15.2 Å². The van der Waals surface area contributed by atoms with Crippen molar-refractivity contribution in [2.75, 3.05) is 5.01 Å². The summed E-state index contributed by atoms with van der Waals surface area (Å²) >= 11 is 0. The molecule has 1 atom stereocenters. The van der Waals surface area contributed by atoms with E-state index in [0.29, 0.717) is 21.9 Å². The molecule has 7 nitrogen and oxygen atoms in total. The molecule has 1 aliphatic rings. The van der Waals surface area contributed by atoms with Gasteiger partial charge in [-0.1, -0.05) is 18.2 Å². The fourth-order valence-electron chi connectivity index (χ4n) is 2.91. The number of nitrogens with two attached hydrogens (primary N) is 1. The van der Waals surface area contributed by atoms with Gasteiger partial charge in [-0.25, -0.2) is 14.0 Å². The first-order chi connectivity index (χ1) is 13.5. The Morgan fingerprint density at radius 3 is 2.54 bits per heavy atom. The third-order valence-corrected chi connectivity index (χ3v) is 5.05. The smallest absolute Gasteiger partial charge is 0.267 e. The Morgan fingerprint density at radius 1 is 1.07 bits per heavy atom. The molecule has 8 heteroatoms. The number of hydrazone groups is 1. The molecule has 2 aromatic carbocycles. The molecule has 0 bridgehead atoms. The Labute approximate surface area is 164 Å². The fraction of sp³-hybridized carbons (Fsp3) is 0.0500. The van der Waals surface area contributed by atoms with Crippen molar-refractivity contribution in [3.63, 3.8) is 0 Å². The topological polar surface area (TPSA) is 93.6 Å². The lowest BCUT2D eigenvalue weighted by atomic mass is 10.1. The van der Waals surface area contributed by atoms with Crippen LogP contribution < -0.4 is 10.1 Å². The first-order valence-electron chi connectivity index (χ1n) is 8.51. The van der Waals surface area contributed by atoms with Crippen molar-refractivity contribution in [3.05, 3.63) is 78.1 Å². The predicted molar refractivity (Wildman–Crippen MR) is 109 cm³/mol. The molecule has 0 fully saturated rings. The highest BCUT2D eigenvalue weighted by molar-refractivity contribution is 7.82. The van der Waals surface area contributed by atoms with Crippen molar-refractivity contribution in [1.82, 2.24) is 9.78 Å². The third kappa shape index (κ3) is 3.42. The molecule has 3 aromatic rings. The van der Waals surface area contributed by atoms with Crippen LogP contribution in [-0.2, 0) is 15.8 Å². The summed E-state index contributed by atoms with van der Waals surface area (Å²) in [4.78, 5) is 13.3. The quantitative estimate of drug-likeness (QED) is 0.693. The van der Waals surface area contributed by atoms with Gasteiger partial charge in [0.25, 0.3) is 5.91 Å². The van der Waals surface area contributed by atoms with E-state index in [1.165, 1.54) is 5.01 Å². The number of carbonyl (C=O) groups excluding carboxylic acids is 1. The monoisotopic (exact) mass is 391 g/mol. The van der Waals surface area contributed by atoms with Gasteiger partial charge in [0.1, 0.15) is 11.0 Å². The predicted octanol–water partition coefficient (Wildman–Crippen LogP) is 2.66. The average molecular weight is 391 g/mol. The molecule has 140 valence electrons. The molecular formula is C20H17N5O2S. The molecule has 0 saturated heterocycles. The molecule has 0 spiro atoms. The summed E-state index contributed by atoms with van der Waals surface area (Å²) in [5.74, 6) is -0.242. The maximum atomic E-state index is 12.9. The van der Waals surface area contributed by atoms with E-state index < -0.39 is 11.0 Å². The van der Waals surface area contributed by atoms with Crippen LogP contribution in [0.4, 0.5) is 5.69 Å². The minimum absolute atomic E-state index is 0.242. The average Bonchev–Trinajstić information content (AvgIpc) is 3.33. The maximum absolute atomic E-state index is 12.9. The zero-order valence-electron chi connectivity index (χ0n) is 15.0. The van der Waals surface area contributed by atoms with Crippen LogP contribution in [0.25, 0.3) is 11.8 Å². The van der Waals surface area contributed by atoms with Crippen LogP contribution in [0.1, 0.15) is 12.5 Å². The van der Waals surface area contributed by atoms with Gasteiger partial charge in [0, 0.05) is 12.4 Å². The Kier molecular flexibility index (Phi) is 4.72. The largest absolute Gasteiger partial charge is 0.280 e. The van der Waals surface area contributed by atoms with Crippen molar-refractivity contribution in [2.45, 2.75) is 11.8 Å². The van der Waals surface area contributed by atoms with Crippen LogP contribution in [0, 0.1) is 0 Å². The standard InChI is InChI=1S/C20H17N5O2S/c1-14-19(12-15-6-8-16(9-7-15)24-11-3-10-22-24)20(26)25(23-14)17-4-2-5-18(13-17)28(21)27/h2-13H,21H2,1H3/b19-12-. The minimum Gasteiger partial charge on any atom is -0.267 e. The fourth-order valence-corrected chi connectivity index (χ4v) is 3.36. The van der Waals surface area contributed by atoms with E-state index in [4.69, 9.17) is 5.14 Å². The highest BCUT2D eigenvalue weighted by Gasteiger charge is 2.28. The molecule has 1 amide bonds. The highest BCUT2D eigenvalue weighted by atomic mass is 32.2. The summed E-state index contributed by atoms with van der Waals surface area (Å²) in [5.41, 5.74) is 3.46. The summed E-state index contributed by atoms with van der Waals surface area (Å²) in [7, 11) is -1.62. The molecule has 4 rings (SSSR count). The summed E-state index contributed by atoms with van der Waals surface area (Å²) in [5, 5.41) is 15.3. The number of hydrogen-bond donors (Lipinski definition) is 1. The van der Waals surface area contributed by atoms with Gasteiger partial charge in [-0.15, -0.1) is 0 Å². The maximum Gasteiger partial charge on any atom is 0.280 e. The lowest BCUT2D eigenvalue weighted by Gasteiger charge is -2.12. The highest BCUT2D eigenvalue weighted by Crippen LogP contribution is 2.26. The summed E-state index contributed by atoms with van der Waals surface area (Å²) in [6.07, 6.45) is 5.39. The number of aromatic nitrogens is 2. The zero-order valence-corrected chi connectivity index (χ0v) is 15.8. The van der Waals surface area contributed by atoms with Crippen LogP contribution in [0.15, 0.2) is 82.6 Å². The number of carbonyl (C=O) groups is 1. The van der Waals surface area contributed by atoms with Crippen LogP contribution in [0.5, 0.6) is 0 Å². The zero-order chi connectivity index (χ0) is 19.7. The molecule has 0 radical (unpaired) electrons. The number of benzene rings is 2. The molecule has 0 saturated carbocycles. The molecule has 1 aliphatic heterocycles. The van der Waals surface area contributed by atoms with Crippen LogP contribution in [0.2, 0.25) is 0 Å². The SMILES string of the molecule is CC1=NN(c2cccc(S(N)=O)c2)C(=O)/C1=C\c1ccc(-n2cccn2)cc1. The van der Waals surface area contributed by atoms with E-state index in [1.807, 2.05) is 36.5 Å². The van der Waals surface area contributed by atoms with Gasteiger partial charge in [0.15, 0.2) is 0 Å². The van der Waals surface area contributed by atoms with Crippen molar-refractivity contribution in [3.8, 4) is 5.69 Å². The van der Waals surface area contributed by atoms with E-state index >= 15 is 0 Å². The van der Waals surface area contributed by atoms with E-state index in [-0.39, 0.29) is 5.91 Å². The van der Waals surface area contributed by atoms with Crippen LogP contribution in [0.3, 0.4) is 0 Å². The van der Waals surface area contributed by atoms with Crippen molar-refractivity contribution < 1.29 is 9.00 Å². The number of amides is 1. The molecule has 1 unspecified atom stereocenters. The molecule has 2 heterocycles. The second-order valence-corrected chi connectivity index (χ2v) is 7.26. The van der Waals surface area contributed by atoms with Crippen molar-refractivity contribution in [1.29, 1.82) is 0 Å². The second kappa shape index (κ2) is 7.34. The van der Waals surface area contributed by atoms with Gasteiger partial charge in [-0.05, 0) is 55.0 Å². The van der Waals surface area contributed by atoms with Crippen molar-refractivity contribution in [2.24, 2.45) is 10.2 Å². The van der Waals surface area contributed by atoms with Gasteiger partial charge in [0.05, 0.1) is 27.6 Å². The number of anilines is 1. The third-order valence-electron chi connectivity index (χ3n) is 4.33. The Balaban J connectivity index is 1.61. The first kappa shape index (κ1) is 18.0. The van der Waals surface area contributed by atoms with E-state index in [1.54, 1.807) is 48.1 Å². The first-order valence-corrected chi connectivity index (χ1v) is 9.72. The van der Waals surface area contributed by atoms with E-state index in [9.17, 15) is 9.00 Å². The Bertz CT molecular complexity index is 1120. The molecule has 28 heavy (non-hydrogen) atoms. The van der Waals surface area contributed by atoms with Gasteiger partial charge >= 0.3 is 0 Å². The summed E-state index contributed by atoms with van der Waals surface area (Å²) < 4.78 is 13.3. The molecular weight excluding hydrogens is 374 g/mol. The number of hydrogen-bond acceptors (Lipinski definition) is 4.